The van der Waals surface area contributed by atoms with Gasteiger partial charge in [0, 0.05) is 10.8 Å². The van der Waals surface area contributed by atoms with Crippen LogP contribution in [0.5, 0.6) is 0 Å². The van der Waals surface area contributed by atoms with Crippen LogP contribution in [0.2, 0.25) is 0 Å². The molecule has 1 heterocycles. The summed E-state index contributed by atoms with van der Waals surface area (Å²) in [5.74, 6) is 0. The lowest BCUT2D eigenvalue weighted by Gasteiger charge is -2.31. The predicted molar refractivity (Wildman–Crippen MR) is 158 cm³/mol. The van der Waals surface area contributed by atoms with Crippen LogP contribution in [0.15, 0.2) is 144 Å². The van der Waals surface area contributed by atoms with Crippen LogP contribution in [-0.2, 0) is 5.41 Å². The molecule has 8 rings (SSSR count). The van der Waals surface area contributed by atoms with Gasteiger partial charge in [-0.05, 0) is 73.9 Å². The van der Waals surface area contributed by atoms with E-state index in [1.54, 1.807) is 0 Å². The van der Waals surface area contributed by atoms with E-state index in [1.165, 1.54) is 50.1 Å². The van der Waals surface area contributed by atoms with Crippen molar-refractivity contribution in [3.8, 4) is 22.3 Å². The highest BCUT2D eigenvalue weighted by molar-refractivity contribution is 6.12. The van der Waals surface area contributed by atoms with Crippen molar-refractivity contribution in [2.75, 3.05) is 0 Å². The van der Waals surface area contributed by atoms with Gasteiger partial charge in [-0.2, -0.15) is 0 Å². The molecule has 0 N–H and O–H groups in total. The Labute approximate surface area is 221 Å². The third-order valence-electron chi connectivity index (χ3n) is 8.48. The van der Waals surface area contributed by atoms with Crippen LogP contribution in [-0.4, -0.2) is 0 Å². The first-order valence-electron chi connectivity index (χ1n) is 13.0. The van der Waals surface area contributed by atoms with Crippen molar-refractivity contribution in [2.45, 2.75) is 5.41 Å². The second-order valence-corrected chi connectivity index (χ2v) is 10.1. The summed E-state index contributed by atoms with van der Waals surface area (Å²) in [6.07, 6.45) is 4.03. The second kappa shape index (κ2) is 7.57. The smallest absolute Gasteiger partial charge is 0.136 e. The summed E-state index contributed by atoms with van der Waals surface area (Å²) in [7, 11) is 0. The Morgan fingerprint density at radius 2 is 1.21 bits per heavy atom. The number of benzene rings is 5. The molecule has 0 bridgehead atoms. The molecule has 1 nitrogen and oxygen atoms in total. The molecule has 1 heteroatoms. The van der Waals surface area contributed by atoms with Crippen molar-refractivity contribution < 1.29 is 4.42 Å². The minimum absolute atomic E-state index is 0.434. The molecular formula is C37H24O. The number of allylic oxidation sites excluding steroid dienone is 4. The Bertz CT molecular complexity index is 2010. The minimum atomic E-state index is -0.434. The molecule has 5 aromatic carbocycles. The van der Waals surface area contributed by atoms with E-state index in [0.29, 0.717) is 0 Å². The molecule has 38 heavy (non-hydrogen) atoms. The quantitative estimate of drug-likeness (QED) is 0.244. The fourth-order valence-electron chi connectivity index (χ4n) is 7.06. The topological polar surface area (TPSA) is 13.1 Å². The first-order chi connectivity index (χ1) is 18.8. The van der Waals surface area contributed by atoms with Gasteiger partial charge in [0.25, 0.3) is 0 Å². The lowest BCUT2D eigenvalue weighted by molar-refractivity contribution is 0.669. The molecule has 0 fully saturated rings. The summed E-state index contributed by atoms with van der Waals surface area (Å²) < 4.78 is 6.23. The average Bonchev–Trinajstić information content (AvgIpc) is 3.60. The summed E-state index contributed by atoms with van der Waals surface area (Å²) >= 11 is 0. The first-order valence-corrected chi connectivity index (χ1v) is 13.0. The van der Waals surface area contributed by atoms with E-state index in [4.69, 9.17) is 4.42 Å². The Morgan fingerprint density at radius 1 is 0.553 bits per heavy atom. The predicted octanol–water partition coefficient (Wildman–Crippen LogP) is 9.71. The number of fused-ring (bicyclic) bond motifs is 10. The van der Waals surface area contributed by atoms with Crippen LogP contribution < -0.4 is 0 Å². The lowest BCUT2D eigenvalue weighted by Crippen LogP contribution is -2.26. The molecular weight excluding hydrogens is 460 g/mol. The average molecular weight is 485 g/mol. The zero-order valence-electron chi connectivity index (χ0n) is 20.9. The fourth-order valence-corrected chi connectivity index (χ4v) is 7.06. The van der Waals surface area contributed by atoms with Crippen molar-refractivity contribution in [2.24, 2.45) is 0 Å². The molecule has 2 aliphatic carbocycles. The Balaban J connectivity index is 1.49. The van der Waals surface area contributed by atoms with E-state index in [0.717, 1.165) is 27.5 Å². The third kappa shape index (κ3) is 2.46. The summed E-state index contributed by atoms with van der Waals surface area (Å²) in [4.78, 5) is 0. The second-order valence-electron chi connectivity index (χ2n) is 10.1. The molecule has 6 aromatic rings. The molecule has 1 atom stereocenters. The van der Waals surface area contributed by atoms with Crippen molar-refractivity contribution in [1.82, 2.24) is 0 Å². The van der Waals surface area contributed by atoms with E-state index in [2.05, 4.69) is 110 Å². The van der Waals surface area contributed by atoms with E-state index in [-0.39, 0.29) is 0 Å². The van der Waals surface area contributed by atoms with Gasteiger partial charge < -0.3 is 4.42 Å². The van der Waals surface area contributed by atoms with Gasteiger partial charge in [0.05, 0.1) is 5.41 Å². The van der Waals surface area contributed by atoms with E-state index in [1.807, 2.05) is 24.3 Å². The van der Waals surface area contributed by atoms with Gasteiger partial charge in [-0.15, -0.1) is 0 Å². The van der Waals surface area contributed by atoms with Gasteiger partial charge in [-0.25, -0.2) is 0 Å². The number of rotatable bonds is 3. The van der Waals surface area contributed by atoms with Gasteiger partial charge in [0.2, 0.25) is 0 Å². The molecule has 0 aliphatic heterocycles. The molecule has 0 radical (unpaired) electrons. The Morgan fingerprint density at radius 3 is 2.03 bits per heavy atom. The number of furan rings is 1. The van der Waals surface area contributed by atoms with Crippen LogP contribution in [0, 0.1) is 0 Å². The van der Waals surface area contributed by atoms with Crippen LogP contribution in [0.3, 0.4) is 0 Å². The Hall–Kier alpha value is -4.88. The molecule has 0 saturated heterocycles. The minimum Gasteiger partial charge on any atom is -0.456 e. The maximum absolute atomic E-state index is 6.23. The molecule has 178 valence electrons. The maximum Gasteiger partial charge on any atom is 0.136 e. The normalized spacial score (nSPS) is 17.2. The van der Waals surface area contributed by atoms with E-state index >= 15 is 0 Å². The molecule has 2 aliphatic rings. The molecule has 0 saturated carbocycles. The van der Waals surface area contributed by atoms with Crippen LogP contribution in [0.4, 0.5) is 0 Å². The summed E-state index contributed by atoms with van der Waals surface area (Å²) in [5.41, 5.74) is 13.8. The van der Waals surface area contributed by atoms with Crippen molar-refractivity contribution >= 4 is 27.5 Å². The Kier molecular flexibility index (Phi) is 4.23. The van der Waals surface area contributed by atoms with Crippen LogP contribution >= 0.6 is 0 Å². The van der Waals surface area contributed by atoms with Crippen molar-refractivity contribution in [3.05, 3.63) is 162 Å². The van der Waals surface area contributed by atoms with Gasteiger partial charge in [-0.3, -0.25) is 0 Å². The number of hydrogen-bond donors (Lipinski definition) is 0. The SMILES string of the molecule is C=CC1=C(C=C)C2(c3ccccc31)c1ccccc1-c1ccc(-c3cccc4oc5ccccc5c34)cc12. The van der Waals surface area contributed by atoms with Gasteiger partial charge in [0.1, 0.15) is 11.2 Å². The highest BCUT2D eigenvalue weighted by atomic mass is 16.3. The fraction of sp³-hybridized carbons (Fsp3) is 0.0270. The van der Waals surface area contributed by atoms with Crippen molar-refractivity contribution in [1.29, 1.82) is 0 Å². The molecule has 1 aromatic heterocycles. The van der Waals surface area contributed by atoms with Crippen LogP contribution in [0.1, 0.15) is 22.3 Å². The number of para-hydroxylation sites is 1. The van der Waals surface area contributed by atoms with E-state index < -0.39 is 5.41 Å². The number of hydrogen-bond acceptors (Lipinski definition) is 1. The zero-order valence-corrected chi connectivity index (χ0v) is 20.9. The highest BCUT2D eigenvalue weighted by Gasteiger charge is 2.51. The van der Waals surface area contributed by atoms with Gasteiger partial charge in [0.15, 0.2) is 0 Å². The summed E-state index contributed by atoms with van der Waals surface area (Å²) in [6, 6.07) is 39.2. The monoisotopic (exact) mass is 484 g/mol. The van der Waals surface area contributed by atoms with Gasteiger partial charge in [-0.1, -0.05) is 116 Å². The van der Waals surface area contributed by atoms with E-state index in [9.17, 15) is 0 Å². The highest BCUT2D eigenvalue weighted by Crippen LogP contribution is 2.62. The van der Waals surface area contributed by atoms with Crippen LogP contribution in [0.25, 0.3) is 49.8 Å². The third-order valence-corrected chi connectivity index (χ3v) is 8.48. The molecule has 0 amide bonds. The maximum atomic E-state index is 6.23. The first kappa shape index (κ1) is 21.2. The summed E-state index contributed by atoms with van der Waals surface area (Å²) in [6.45, 7) is 8.53. The standard InChI is InChI=1S/C37H24O/c1-3-24-26-12-5-8-16-31(26)37(30(24)4-2)32-17-9-6-13-27(32)28-21-20-23(22-33(28)37)25-15-11-19-35-36(25)29-14-7-10-18-34(29)38-35/h3-22H,1-2H2. The largest absolute Gasteiger partial charge is 0.456 e. The summed E-state index contributed by atoms with van der Waals surface area (Å²) in [5, 5.41) is 2.30. The molecule has 1 spiro atoms. The van der Waals surface area contributed by atoms with Crippen molar-refractivity contribution in [3.63, 3.8) is 0 Å². The van der Waals surface area contributed by atoms with Gasteiger partial charge >= 0.3 is 0 Å². The molecule has 1 unspecified atom stereocenters. The lowest BCUT2D eigenvalue weighted by atomic mass is 9.69. The zero-order chi connectivity index (χ0) is 25.4.